The van der Waals surface area contributed by atoms with E-state index in [-0.39, 0.29) is 5.82 Å². The highest BCUT2D eigenvalue weighted by Gasteiger charge is 2.24. The summed E-state index contributed by atoms with van der Waals surface area (Å²) in [5, 5.41) is 3.45. The third-order valence-electron chi connectivity index (χ3n) is 3.65. The Labute approximate surface area is 109 Å². The van der Waals surface area contributed by atoms with Gasteiger partial charge < -0.3 is 10.1 Å². The van der Waals surface area contributed by atoms with Crippen LogP contribution >= 0.6 is 0 Å². The lowest BCUT2D eigenvalue weighted by Gasteiger charge is -2.17. The second-order valence-electron chi connectivity index (χ2n) is 5.10. The zero-order valence-corrected chi connectivity index (χ0v) is 11.2. The molecule has 1 aromatic carbocycles. The van der Waals surface area contributed by atoms with Gasteiger partial charge in [0.05, 0.1) is 7.11 Å². The summed E-state index contributed by atoms with van der Waals surface area (Å²) in [5.41, 5.74) is 0.684. The summed E-state index contributed by atoms with van der Waals surface area (Å²) < 4.78 is 18.9. The van der Waals surface area contributed by atoms with Crippen molar-refractivity contribution in [3.8, 4) is 5.75 Å². The maximum Gasteiger partial charge on any atom is 0.169 e. The van der Waals surface area contributed by atoms with E-state index >= 15 is 0 Å². The summed E-state index contributed by atoms with van der Waals surface area (Å²) in [6.45, 7) is 2.76. The molecule has 1 aliphatic carbocycles. The van der Waals surface area contributed by atoms with Gasteiger partial charge in [0.25, 0.3) is 0 Å². The quantitative estimate of drug-likeness (QED) is 0.800. The lowest BCUT2D eigenvalue weighted by Crippen LogP contribution is -2.28. The molecule has 0 heterocycles. The number of benzene rings is 1. The fourth-order valence-electron chi connectivity index (χ4n) is 2.25. The van der Waals surface area contributed by atoms with Gasteiger partial charge in [-0.05, 0) is 24.8 Å². The maximum atomic E-state index is 13.9. The standard InChI is InChI=1S/C15H22FNO/c1-3-13(9-11-7-8-11)17-10-12-5-4-6-14(18-2)15(12)16/h4-6,11,13,17H,3,7-10H2,1-2H3. The van der Waals surface area contributed by atoms with Crippen LogP contribution in [0.15, 0.2) is 18.2 Å². The highest BCUT2D eigenvalue weighted by Crippen LogP contribution is 2.34. The first-order valence-electron chi connectivity index (χ1n) is 6.79. The van der Waals surface area contributed by atoms with Gasteiger partial charge in [0.2, 0.25) is 0 Å². The first kappa shape index (κ1) is 13.3. The molecule has 3 heteroatoms. The summed E-state index contributed by atoms with van der Waals surface area (Å²) in [6.07, 6.45) is 5.06. The normalized spacial score (nSPS) is 16.6. The largest absolute Gasteiger partial charge is 0.494 e. The average molecular weight is 251 g/mol. The predicted octanol–water partition coefficient (Wildman–Crippen LogP) is 3.50. The first-order valence-corrected chi connectivity index (χ1v) is 6.79. The summed E-state index contributed by atoms with van der Waals surface area (Å²) in [4.78, 5) is 0. The molecule has 1 unspecified atom stereocenters. The molecule has 0 radical (unpaired) electrons. The van der Waals surface area contributed by atoms with Crippen molar-refractivity contribution in [3.63, 3.8) is 0 Å². The van der Waals surface area contributed by atoms with Crippen LogP contribution in [-0.4, -0.2) is 13.2 Å². The molecule has 2 rings (SSSR count). The van der Waals surface area contributed by atoms with E-state index in [2.05, 4.69) is 12.2 Å². The monoisotopic (exact) mass is 251 g/mol. The smallest absolute Gasteiger partial charge is 0.169 e. The molecule has 1 aliphatic rings. The second-order valence-corrected chi connectivity index (χ2v) is 5.10. The van der Waals surface area contributed by atoms with Gasteiger partial charge in [-0.1, -0.05) is 31.9 Å². The van der Waals surface area contributed by atoms with Crippen LogP contribution in [0.2, 0.25) is 0 Å². The maximum absolute atomic E-state index is 13.9. The van der Waals surface area contributed by atoms with Crippen LogP contribution in [0.4, 0.5) is 4.39 Å². The average Bonchev–Trinajstić information content (AvgIpc) is 3.19. The zero-order chi connectivity index (χ0) is 13.0. The molecule has 18 heavy (non-hydrogen) atoms. The van der Waals surface area contributed by atoms with Crippen molar-refractivity contribution in [1.29, 1.82) is 0 Å². The third kappa shape index (κ3) is 3.45. The van der Waals surface area contributed by atoms with Crippen LogP contribution in [0.1, 0.15) is 38.2 Å². The van der Waals surface area contributed by atoms with Crippen LogP contribution in [0.3, 0.4) is 0 Å². The molecule has 0 aliphatic heterocycles. The van der Waals surface area contributed by atoms with Crippen molar-refractivity contribution >= 4 is 0 Å². The molecule has 0 aromatic heterocycles. The van der Waals surface area contributed by atoms with Crippen LogP contribution in [0, 0.1) is 11.7 Å². The van der Waals surface area contributed by atoms with E-state index in [1.165, 1.54) is 26.4 Å². The fraction of sp³-hybridized carbons (Fsp3) is 0.600. The second kappa shape index (κ2) is 6.19. The summed E-state index contributed by atoms with van der Waals surface area (Å²) >= 11 is 0. The Morgan fingerprint density at radius 3 is 2.83 bits per heavy atom. The molecular weight excluding hydrogens is 229 g/mol. The minimum atomic E-state index is -0.242. The Balaban J connectivity index is 1.91. The molecule has 0 saturated heterocycles. The lowest BCUT2D eigenvalue weighted by molar-refractivity contribution is 0.380. The molecule has 0 spiro atoms. The SMILES string of the molecule is CCC(CC1CC1)NCc1cccc(OC)c1F. The van der Waals surface area contributed by atoms with Gasteiger partial charge in [-0.15, -0.1) is 0 Å². The number of rotatable bonds is 7. The molecule has 1 saturated carbocycles. The van der Waals surface area contributed by atoms with E-state index in [4.69, 9.17) is 4.74 Å². The van der Waals surface area contributed by atoms with Crippen LogP contribution in [0.25, 0.3) is 0 Å². The predicted molar refractivity (Wildman–Crippen MR) is 71.2 cm³/mol. The van der Waals surface area contributed by atoms with Gasteiger partial charge in [0.15, 0.2) is 11.6 Å². The highest BCUT2D eigenvalue weighted by atomic mass is 19.1. The van der Waals surface area contributed by atoms with Gasteiger partial charge in [0.1, 0.15) is 0 Å². The molecule has 1 atom stereocenters. The van der Waals surface area contributed by atoms with Crippen molar-refractivity contribution in [3.05, 3.63) is 29.6 Å². The number of hydrogen-bond acceptors (Lipinski definition) is 2. The van der Waals surface area contributed by atoms with Crippen LogP contribution in [-0.2, 0) is 6.54 Å². The van der Waals surface area contributed by atoms with Crippen molar-refractivity contribution in [1.82, 2.24) is 5.32 Å². The van der Waals surface area contributed by atoms with E-state index in [1.54, 1.807) is 6.07 Å². The van der Waals surface area contributed by atoms with Gasteiger partial charge in [-0.25, -0.2) is 4.39 Å². The van der Waals surface area contributed by atoms with Gasteiger partial charge in [-0.3, -0.25) is 0 Å². The summed E-state index contributed by atoms with van der Waals surface area (Å²) in [6, 6.07) is 5.80. The van der Waals surface area contributed by atoms with Gasteiger partial charge >= 0.3 is 0 Å². The van der Waals surface area contributed by atoms with E-state index in [0.717, 1.165) is 12.3 Å². The Morgan fingerprint density at radius 2 is 2.22 bits per heavy atom. The Hall–Kier alpha value is -1.09. The van der Waals surface area contributed by atoms with E-state index in [9.17, 15) is 4.39 Å². The van der Waals surface area contributed by atoms with Crippen molar-refractivity contribution in [2.24, 2.45) is 5.92 Å². The highest BCUT2D eigenvalue weighted by molar-refractivity contribution is 5.30. The molecular formula is C15H22FNO. The Bertz CT molecular complexity index is 390. The molecule has 1 N–H and O–H groups in total. The summed E-state index contributed by atoms with van der Waals surface area (Å²) in [7, 11) is 1.50. The Morgan fingerprint density at radius 1 is 1.44 bits per heavy atom. The molecule has 1 fully saturated rings. The molecule has 1 aromatic rings. The molecule has 0 bridgehead atoms. The van der Waals surface area contributed by atoms with Crippen molar-refractivity contribution in [2.45, 2.75) is 45.2 Å². The Kier molecular flexibility index (Phi) is 4.59. The molecule has 100 valence electrons. The van der Waals surface area contributed by atoms with Crippen LogP contribution < -0.4 is 10.1 Å². The fourth-order valence-corrected chi connectivity index (χ4v) is 2.25. The number of ether oxygens (including phenoxy) is 1. The van der Waals surface area contributed by atoms with E-state index in [0.29, 0.717) is 23.9 Å². The topological polar surface area (TPSA) is 21.3 Å². The number of halogens is 1. The number of hydrogen-bond donors (Lipinski definition) is 1. The minimum absolute atomic E-state index is 0.242. The van der Waals surface area contributed by atoms with E-state index in [1.807, 2.05) is 12.1 Å². The molecule has 0 amide bonds. The van der Waals surface area contributed by atoms with Crippen molar-refractivity contribution in [2.75, 3.05) is 7.11 Å². The first-order chi connectivity index (χ1) is 8.74. The third-order valence-corrected chi connectivity index (χ3v) is 3.65. The number of nitrogens with one attached hydrogen (secondary N) is 1. The van der Waals surface area contributed by atoms with Gasteiger partial charge in [0, 0.05) is 18.2 Å². The molecule has 2 nitrogen and oxygen atoms in total. The van der Waals surface area contributed by atoms with E-state index < -0.39 is 0 Å². The van der Waals surface area contributed by atoms with Crippen molar-refractivity contribution < 1.29 is 9.13 Å². The zero-order valence-electron chi connectivity index (χ0n) is 11.2. The van der Waals surface area contributed by atoms with Crippen LogP contribution in [0.5, 0.6) is 5.75 Å². The number of methoxy groups -OCH3 is 1. The lowest BCUT2D eigenvalue weighted by atomic mass is 10.1. The minimum Gasteiger partial charge on any atom is -0.494 e. The van der Waals surface area contributed by atoms with Gasteiger partial charge in [-0.2, -0.15) is 0 Å². The summed E-state index contributed by atoms with van der Waals surface area (Å²) in [5.74, 6) is 0.982.